The van der Waals surface area contributed by atoms with Crippen molar-refractivity contribution >= 4 is 27.5 Å². The van der Waals surface area contributed by atoms with E-state index in [9.17, 15) is 0 Å². The summed E-state index contributed by atoms with van der Waals surface area (Å²) in [5, 5.41) is 9.05. The molecule has 13 heavy (non-hydrogen) atoms. The van der Waals surface area contributed by atoms with Crippen LogP contribution in [0.25, 0.3) is 0 Å². The minimum absolute atomic E-state index is 0.311. The molecule has 4 heteroatoms. The maximum absolute atomic E-state index is 8.49. The van der Waals surface area contributed by atoms with Crippen molar-refractivity contribution in [3.05, 3.63) is 0 Å². The summed E-state index contributed by atoms with van der Waals surface area (Å²) in [6.07, 6.45) is -0.383. The van der Waals surface area contributed by atoms with Crippen LogP contribution in [0.1, 0.15) is 20.8 Å². The summed E-state index contributed by atoms with van der Waals surface area (Å²) in [6, 6.07) is 0. The van der Waals surface area contributed by atoms with Gasteiger partial charge in [0.25, 0.3) is 0 Å². The number of rotatable bonds is 5. The van der Waals surface area contributed by atoms with E-state index in [0.717, 1.165) is 0 Å². The van der Waals surface area contributed by atoms with Gasteiger partial charge in [0, 0.05) is 11.2 Å². The zero-order valence-electron chi connectivity index (χ0n) is 8.82. The summed E-state index contributed by atoms with van der Waals surface area (Å²) >= 11 is 8.21. The molecule has 0 radical (unpaired) electrons. The monoisotopic (exact) mass is 274 g/mol. The fraction of sp³-hybridized carbons (Fsp3) is 1.00. The number of aliphatic hydroxyl groups excluding tert-OH is 1. The van der Waals surface area contributed by atoms with Gasteiger partial charge in [0.05, 0.1) is 25.7 Å². The second kappa shape index (κ2) is 12.7. The number of hydrogen-bond acceptors (Lipinski definition) is 1. The van der Waals surface area contributed by atoms with Crippen molar-refractivity contribution in [1.29, 1.82) is 0 Å². The summed E-state index contributed by atoms with van der Waals surface area (Å²) < 4.78 is 0. The van der Waals surface area contributed by atoms with Crippen molar-refractivity contribution in [2.75, 3.05) is 30.8 Å². The molecule has 1 atom stereocenters. The molecule has 0 amide bonds. The van der Waals surface area contributed by atoms with Crippen molar-refractivity contribution in [2.24, 2.45) is 0 Å². The highest BCUT2D eigenvalue weighted by molar-refractivity contribution is 9.09. The third kappa shape index (κ3) is 12.7. The highest BCUT2D eigenvalue weighted by Gasteiger charge is 1.94. The highest BCUT2D eigenvalue weighted by atomic mass is 79.9. The summed E-state index contributed by atoms with van der Waals surface area (Å²) in [5.74, 6) is 0.311. The Morgan fingerprint density at radius 2 is 1.62 bits per heavy atom. The highest BCUT2D eigenvalue weighted by Crippen LogP contribution is 1.90. The number of hydrogen-bond donors (Lipinski definition) is 2. The van der Waals surface area contributed by atoms with Gasteiger partial charge in [-0.25, -0.2) is 0 Å². The summed E-state index contributed by atoms with van der Waals surface area (Å²) in [6.45, 7) is 10.5. The molecule has 0 saturated carbocycles. The third-order valence-corrected chi connectivity index (χ3v) is 2.96. The van der Waals surface area contributed by atoms with E-state index >= 15 is 0 Å². The first-order valence-corrected chi connectivity index (χ1v) is 6.45. The normalized spacial score (nSPS) is 12.2. The van der Waals surface area contributed by atoms with E-state index in [1.165, 1.54) is 19.6 Å². The van der Waals surface area contributed by atoms with Gasteiger partial charge in [-0.05, 0) is 20.8 Å². The largest absolute Gasteiger partial charge is 0.391 e. The molecule has 82 valence electrons. The second-order valence-corrected chi connectivity index (χ2v) is 3.73. The molecule has 0 aromatic heterocycles. The van der Waals surface area contributed by atoms with Crippen LogP contribution >= 0.6 is 27.5 Å². The van der Waals surface area contributed by atoms with Gasteiger partial charge in [-0.3, -0.25) is 0 Å². The molecule has 0 bridgehead atoms. The van der Waals surface area contributed by atoms with E-state index in [-0.39, 0.29) is 6.10 Å². The van der Waals surface area contributed by atoms with E-state index < -0.39 is 0 Å². The lowest BCUT2D eigenvalue weighted by molar-refractivity contribution is -0.894. The van der Waals surface area contributed by atoms with Crippen LogP contribution in [0.3, 0.4) is 0 Å². The van der Waals surface area contributed by atoms with Crippen molar-refractivity contribution in [1.82, 2.24) is 0 Å². The summed E-state index contributed by atoms with van der Waals surface area (Å²) in [4.78, 5) is 1.68. The fourth-order valence-corrected chi connectivity index (χ4v) is 1.39. The SMILES string of the molecule is CC[NH+](CC)CC.OC(CCl)CBr. The maximum atomic E-state index is 8.49. The minimum atomic E-state index is -0.383. The topological polar surface area (TPSA) is 24.7 Å². The first-order chi connectivity index (χ1) is 6.15. The molecular weight excluding hydrogens is 253 g/mol. The smallest absolute Gasteiger partial charge is 0.0772 e. The van der Waals surface area contributed by atoms with Crippen molar-refractivity contribution < 1.29 is 10.0 Å². The molecule has 2 N–H and O–H groups in total. The van der Waals surface area contributed by atoms with E-state index in [1.807, 2.05) is 0 Å². The van der Waals surface area contributed by atoms with Gasteiger partial charge in [0.15, 0.2) is 0 Å². The number of nitrogens with one attached hydrogen (secondary N) is 1. The van der Waals surface area contributed by atoms with Gasteiger partial charge in [-0.15, -0.1) is 11.6 Å². The summed E-state index contributed by atoms with van der Waals surface area (Å²) in [7, 11) is 0. The molecule has 0 rings (SSSR count). The number of aliphatic hydroxyl groups is 1. The number of quaternary nitrogens is 1. The summed E-state index contributed by atoms with van der Waals surface area (Å²) in [5.41, 5.74) is 0. The van der Waals surface area contributed by atoms with E-state index in [1.54, 1.807) is 4.90 Å². The average Bonchev–Trinajstić information content (AvgIpc) is 2.20. The van der Waals surface area contributed by atoms with E-state index in [2.05, 4.69) is 36.7 Å². The molecule has 0 aromatic rings. The van der Waals surface area contributed by atoms with Gasteiger partial charge in [0.1, 0.15) is 0 Å². The van der Waals surface area contributed by atoms with E-state index in [4.69, 9.17) is 16.7 Å². The van der Waals surface area contributed by atoms with Crippen LogP contribution in [-0.4, -0.2) is 42.1 Å². The van der Waals surface area contributed by atoms with Crippen LogP contribution in [0.5, 0.6) is 0 Å². The number of halogens is 2. The number of alkyl halides is 2. The lowest BCUT2D eigenvalue weighted by Gasteiger charge is -2.10. The quantitative estimate of drug-likeness (QED) is 0.717. The van der Waals surface area contributed by atoms with Crippen LogP contribution in [-0.2, 0) is 0 Å². The first kappa shape index (κ1) is 16.1. The third-order valence-electron chi connectivity index (χ3n) is 1.86. The van der Waals surface area contributed by atoms with Gasteiger partial charge in [-0.2, -0.15) is 0 Å². The first-order valence-electron chi connectivity index (χ1n) is 4.79. The zero-order chi connectivity index (χ0) is 10.7. The van der Waals surface area contributed by atoms with Crippen molar-refractivity contribution in [3.63, 3.8) is 0 Å². The molecule has 0 spiro atoms. The minimum Gasteiger partial charge on any atom is -0.391 e. The second-order valence-electron chi connectivity index (χ2n) is 2.77. The molecule has 0 aliphatic carbocycles. The molecule has 0 heterocycles. The Labute approximate surface area is 95.4 Å². The Balaban J connectivity index is 0. The molecule has 0 aromatic carbocycles. The molecule has 0 aliphatic rings. The molecule has 1 unspecified atom stereocenters. The van der Waals surface area contributed by atoms with Gasteiger partial charge in [-0.1, -0.05) is 15.9 Å². The van der Waals surface area contributed by atoms with Gasteiger partial charge in [0.2, 0.25) is 0 Å². The van der Waals surface area contributed by atoms with Gasteiger partial charge >= 0.3 is 0 Å². The van der Waals surface area contributed by atoms with Crippen LogP contribution in [0.4, 0.5) is 0 Å². The average molecular weight is 276 g/mol. The fourth-order valence-electron chi connectivity index (χ4n) is 0.791. The van der Waals surface area contributed by atoms with Crippen LogP contribution < -0.4 is 4.90 Å². The van der Waals surface area contributed by atoms with Crippen LogP contribution in [0.15, 0.2) is 0 Å². The molecule has 0 saturated heterocycles. The van der Waals surface area contributed by atoms with Crippen LogP contribution in [0, 0.1) is 0 Å². The Morgan fingerprint density at radius 3 is 1.62 bits per heavy atom. The Kier molecular flexibility index (Phi) is 15.7. The Morgan fingerprint density at radius 1 is 1.23 bits per heavy atom. The van der Waals surface area contributed by atoms with Crippen LogP contribution in [0.2, 0.25) is 0 Å². The predicted octanol–water partition coefficient (Wildman–Crippen LogP) is 0.912. The molecule has 2 nitrogen and oxygen atoms in total. The molecule has 0 aliphatic heterocycles. The molecule has 0 fully saturated rings. The molecular formula is C9H22BrClNO+. The maximum Gasteiger partial charge on any atom is 0.0772 e. The lowest BCUT2D eigenvalue weighted by atomic mass is 10.5. The van der Waals surface area contributed by atoms with Gasteiger partial charge < -0.3 is 10.0 Å². The Bertz CT molecular complexity index is 82.2. The standard InChI is InChI=1S/C6H15N.C3H6BrClO/c1-4-7(5-2)6-3;4-1-3(6)2-5/h4-6H2,1-3H3;3,6H,1-2H2/p+1. The van der Waals surface area contributed by atoms with Crippen molar-refractivity contribution in [2.45, 2.75) is 26.9 Å². The lowest BCUT2D eigenvalue weighted by Crippen LogP contribution is -3.11. The predicted molar refractivity (Wildman–Crippen MR) is 63.1 cm³/mol. The Hall–Kier alpha value is 0.690. The van der Waals surface area contributed by atoms with Crippen molar-refractivity contribution in [3.8, 4) is 0 Å². The van der Waals surface area contributed by atoms with E-state index in [0.29, 0.717) is 11.2 Å². The zero-order valence-corrected chi connectivity index (χ0v) is 11.2.